The summed E-state index contributed by atoms with van der Waals surface area (Å²) in [6, 6.07) is 15.3. The van der Waals surface area contributed by atoms with Crippen molar-refractivity contribution in [2.24, 2.45) is 5.92 Å². The number of hydrogen-bond donors (Lipinski definition) is 1. The number of methoxy groups -OCH3 is 2. The molecule has 2 aromatic carbocycles. The van der Waals surface area contributed by atoms with Crippen LogP contribution in [0.1, 0.15) is 31.7 Å². The number of benzene rings is 2. The van der Waals surface area contributed by atoms with Gasteiger partial charge < -0.3 is 14.8 Å². The zero-order valence-corrected chi connectivity index (χ0v) is 14.7. The van der Waals surface area contributed by atoms with Crippen LogP contribution in [0, 0.1) is 5.92 Å². The van der Waals surface area contributed by atoms with Crippen molar-refractivity contribution in [3.63, 3.8) is 0 Å². The Morgan fingerprint density at radius 2 is 1.62 bits per heavy atom. The summed E-state index contributed by atoms with van der Waals surface area (Å²) >= 11 is 0. The number of hydrogen-bond acceptors (Lipinski definition) is 3. The van der Waals surface area contributed by atoms with E-state index < -0.39 is 0 Å². The van der Waals surface area contributed by atoms with Crippen LogP contribution in [-0.2, 0) is 4.79 Å². The van der Waals surface area contributed by atoms with Gasteiger partial charge in [0.05, 0.1) is 20.1 Å². The van der Waals surface area contributed by atoms with Crippen molar-refractivity contribution in [3.05, 3.63) is 54.1 Å². The fraction of sp³-hybridized carbons (Fsp3) is 0.350. The molecular weight excluding hydrogens is 302 g/mol. The van der Waals surface area contributed by atoms with E-state index in [1.54, 1.807) is 32.4 Å². The Labute approximate surface area is 143 Å². The second kappa shape index (κ2) is 8.39. The summed E-state index contributed by atoms with van der Waals surface area (Å²) in [7, 11) is 3.18. The van der Waals surface area contributed by atoms with Gasteiger partial charge in [-0.05, 0) is 11.5 Å². The fourth-order valence-corrected chi connectivity index (χ4v) is 2.73. The van der Waals surface area contributed by atoms with E-state index in [2.05, 4.69) is 19.2 Å². The van der Waals surface area contributed by atoms with Crippen molar-refractivity contribution in [2.45, 2.75) is 26.2 Å². The largest absolute Gasteiger partial charge is 0.497 e. The first kappa shape index (κ1) is 17.9. The van der Waals surface area contributed by atoms with E-state index in [1.165, 1.54) is 0 Å². The van der Waals surface area contributed by atoms with E-state index >= 15 is 0 Å². The monoisotopic (exact) mass is 327 g/mol. The molecule has 0 aliphatic heterocycles. The molecule has 0 bridgehead atoms. The maximum absolute atomic E-state index is 12.9. The van der Waals surface area contributed by atoms with E-state index in [1.807, 2.05) is 30.3 Å². The average molecular weight is 327 g/mol. The predicted molar refractivity (Wildman–Crippen MR) is 96.8 cm³/mol. The van der Waals surface area contributed by atoms with Gasteiger partial charge in [0.15, 0.2) is 0 Å². The molecule has 0 aliphatic carbocycles. The highest BCUT2D eigenvalue weighted by Crippen LogP contribution is 2.30. The van der Waals surface area contributed by atoms with Crippen molar-refractivity contribution < 1.29 is 14.3 Å². The molecule has 4 nitrogen and oxygen atoms in total. The first-order valence-corrected chi connectivity index (χ1v) is 8.17. The van der Waals surface area contributed by atoms with E-state index in [9.17, 15) is 4.79 Å². The number of nitrogens with one attached hydrogen (secondary N) is 1. The molecule has 2 rings (SSSR count). The van der Waals surface area contributed by atoms with Crippen LogP contribution in [0.2, 0.25) is 0 Å². The minimum absolute atomic E-state index is 0.0224. The van der Waals surface area contributed by atoms with Crippen molar-refractivity contribution in [2.75, 3.05) is 19.5 Å². The molecule has 0 saturated carbocycles. The van der Waals surface area contributed by atoms with Crippen LogP contribution in [-0.4, -0.2) is 20.1 Å². The Morgan fingerprint density at radius 1 is 1.04 bits per heavy atom. The quantitative estimate of drug-likeness (QED) is 0.816. The Bertz CT molecular complexity index is 648. The first-order valence-electron chi connectivity index (χ1n) is 8.17. The number of amides is 1. The number of ether oxygens (including phenoxy) is 2. The average Bonchev–Trinajstić information content (AvgIpc) is 2.62. The van der Waals surface area contributed by atoms with Gasteiger partial charge in [-0.2, -0.15) is 0 Å². The molecule has 24 heavy (non-hydrogen) atoms. The smallest absolute Gasteiger partial charge is 0.232 e. The van der Waals surface area contributed by atoms with Crippen molar-refractivity contribution in [1.29, 1.82) is 0 Å². The minimum Gasteiger partial charge on any atom is -0.497 e. The molecule has 2 aromatic rings. The molecule has 1 amide bonds. The van der Waals surface area contributed by atoms with E-state index in [4.69, 9.17) is 9.47 Å². The lowest BCUT2D eigenvalue weighted by atomic mass is 9.85. The van der Waals surface area contributed by atoms with Gasteiger partial charge >= 0.3 is 0 Å². The van der Waals surface area contributed by atoms with Gasteiger partial charge in [0.1, 0.15) is 11.5 Å². The zero-order valence-electron chi connectivity index (χ0n) is 14.7. The third kappa shape index (κ3) is 4.28. The summed E-state index contributed by atoms with van der Waals surface area (Å²) in [4.78, 5) is 12.9. The van der Waals surface area contributed by atoms with Crippen LogP contribution in [0.4, 0.5) is 5.69 Å². The molecule has 2 atom stereocenters. The van der Waals surface area contributed by atoms with Crippen molar-refractivity contribution >= 4 is 11.6 Å². The highest BCUT2D eigenvalue weighted by molar-refractivity contribution is 5.96. The lowest BCUT2D eigenvalue weighted by Gasteiger charge is -2.23. The van der Waals surface area contributed by atoms with Gasteiger partial charge in [-0.25, -0.2) is 0 Å². The number of carbonyl (C=O) groups is 1. The number of anilines is 1. The summed E-state index contributed by atoms with van der Waals surface area (Å²) in [5.41, 5.74) is 1.69. The van der Waals surface area contributed by atoms with Crippen LogP contribution >= 0.6 is 0 Å². The standard InChI is InChI=1S/C20H25NO3/c1-5-14(2)19(15-9-7-6-8-10-15)20(22)21-16-11-17(23-3)13-18(12-16)24-4/h6-14,19H,5H2,1-4H3,(H,21,22)/t14-,19+/m1/s1. The van der Waals surface area contributed by atoms with Gasteiger partial charge in [-0.3, -0.25) is 4.79 Å². The molecule has 4 heteroatoms. The van der Waals surface area contributed by atoms with Gasteiger partial charge in [-0.15, -0.1) is 0 Å². The number of carbonyl (C=O) groups excluding carboxylic acids is 1. The second-order valence-electron chi connectivity index (χ2n) is 5.86. The summed E-state index contributed by atoms with van der Waals surface area (Å²) in [5, 5.41) is 3.01. The third-order valence-corrected chi connectivity index (χ3v) is 4.27. The lowest BCUT2D eigenvalue weighted by molar-refractivity contribution is -0.118. The Morgan fingerprint density at radius 3 is 2.12 bits per heavy atom. The van der Waals surface area contributed by atoms with Crippen LogP contribution in [0.3, 0.4) is 0 Å². The number of rotatable bonds is 7. The third-order valence-electron chi connectivity index (χ3n) is 4.27. The Hall–Kier alpha value is -2.49. The normalized spacial score (nSPS) is 13.0. The molecule has 0 aromatic heterocycles. The summed E-state index contributed by atoms with van der Waals surface area (Å²) in [6.45, 7) is 4.20. The van der Waals surface area contributed by atoms with Gasteiger partial charge in [0.2, 0.25) is 5.91 Å². The van der Waals surface area contributed by atoms with Gasteiger partial charge in [0, 0.05) is 23.9 Å². The van der Waals surface area contributed by atoms with Gasteiger partial charge in [-0.1, -0.05) is 50.6 Å². The van der Waals surface area contributed by atoms with Crippen molar-refractivity contribution in [1.82, 2.24) is 0 Å². The van der Waals surface area contributed by atoms with Gasteiger partial charge in [0.25, 0.3) is 0 Å². The summed E-state index contributed by atoms with van der Waals surface area (Å²) in [6.07, 6.45) is 0.925. The van der Waals surface area contributed by atoms with Crippen LogP contribution < -0.4 is 14.8 Å². The minimum atomic E-state index is -0.201. The highest BCUT2D eigenvalue weighted by Gasteiger charge is 2.26. The molecule has 0 saturated heterocycles. The fourth-order valence-electron chi connectivity index (χ4n) is 2.73. The molecule has 0 unspecified atom stereocenters. The van der Waals surface area contributed by atoms with Crippen LogP contribution in [0.15, 0.2) is 48.5 Å². The molecule has 1 N–H and O–H groups in total. The van der Waals surface area contributed by atoms with E-state index in [0.29, 0.717) is 17.2 Å². The van der Waals surface area contributed by atoms with E-state index in [0.717, 1.165) is 12.0 Å². The SMILES string of the molecule is CC[C@@H](C)[C@H](C(=O)Nc1cc(OC)cc(OC)c1)c1ccccc1. The Balaban J connectivity index is 2.28. The highest BCUT2D eigenvalue weighted by atomic mass is 16.5. The molecule has 0 heterocycles. The summed E-state index contributed by atoms with van der Waals surface area (Å²) in [5.74, 6) is 1.30. The topological polar surface area (TPSA) is 47.6 Å². The van der Waals surface area contributed by atoms with E-state index in [-0.39, 0.29) is 17.7 Å². The molecule has 128 valence electrons. The molecule has 0 radical (unpaired) electrons. The first-order chi connectivity index (χ1) is 11.6. The Kier molecular flexibility index (Phi) is 6.24. The van der Waals surface area contributed by atoms with Crippen molar-refractivity contribution in [3.8, 4) is 11.5 Å². The maximum atomic E-state index is 12.9. The predicted octanol–water partition coefficient (Wildman–Crippen LogP) is 4.47. The van der Waals surface area contributed by atoms with Crippen LogP contribution in [0.5, 0.6) is 11.5 Å². The molecular formula is C20H25NO3. The molecule has 0 spiro atoms. The molecule has 0 aliphatic rings. The maximum Gasteiger partial charge on any atom is 0.232 e. The zero-order chi connectivity index (χ0) is 17.5. The second-order valence-corrected chi connectivity index (χ2v) is 5.86. The van der Waals surface area contributed by atoms with Crippen LogP contribution in [0.25, 0.3) is 0 Å². The molecule has 0 fully saturated rings. The lowest BCUT2D eigenvalue weighted by Crippen LogP contribution is -2.26. The summed E-state index contributed by atoms with van der Waals surface area (Å²) < 4.78 is 10.5.